The van der Waals surface area contributed by atoms with Crippen molar-refractivity contribution in [2.75, 3.05) is 7.11 Å². The smallest absolute Gasteiger partial charge is 0.240 e. The summed E-state index contributed by atoms with van der Waals surface area (Å²) < 4.78 is 5.15. The zero-order chi connectivity index (χ0) is 21.6. The maximum Gasteiger partial charge on any atom is 0.240 e. The first-order chi connectivity index (χ1) is 14.3. The van der Waals surface area contributed by atoms with E-state index in [2.05, 4.69) is 0 Å². The van der Waals surface area contributed by atoms with Gasteiger partial charge in [-0.1, -0.05) is 36.4 Å². The first-order valence-electron chi connectivity index (χ1n) is 9.62. The molecule has 8 nitrogen and oxygen atoms in total. The lowest BCUT2D eigenvalue weighted by molar-refractivity contribution is -0.735. The molecular weight excluding hydrogens is 388 g/mol. The summed E-state index contributed by atoms with van der Waals surface area (Å²) in [6.45, 7) is 1.46. The van der Waals surface area contributed by atoms with E-state index in [1.165, 1.54) is 19.4 Å². The summed E-state index contributed by atoms with van der Waals surface area (Å²) in [6, 6.07) is 13.1. The molecule has 2 aliphatic rings. The van der Waals surface area contributed by atoms with Crippen LogP contribution in [0.15, 0.2) is 48.5 Å². The maximum absolute atomic E-state index is 13.3. The second kappa shape index (κ2) is 7.14. The average Bonchev–Trinajstić information content (AvgIpc) is 3.18. The molecule has 2 aromatic rings. The van der Waals surface area contributed by atoms with Crippen molar-refractivity contribution < 1.29 is 34.7 Å². The van der Waals surface area contributed by atoms with E-state index < -0.39 is 41.2 Å². The number of likely N-dealkylation sites (tertiary alicyclic amines) is 1. The SMILES string of the molecule is COc1cccc([C@@H]2[NH2+][C@](C)(C(=O)[O-])[C@@H]3C(=O)N(Cc4ccccc4)C(=O)[C@@H]32)c1O. The molecule has 2 aliphatic heterocycles. The van der Waals surface area contributed by atoms with Crippen LogP contribution in [0.5, 0.6) is 11.5 Å². The Morgan fingerprint density at radius 3 is 2.50 bits per heavy atom. The fraction of sp³-hybridized carbons (Fsp3) is 0.318. The molecule has 2 fully saturated rings. The van der Waals surface area contributed by atoms with Gasteiger partial charge in [0.05, 0.1) is 19.2 Å². The molecule has 30 heavy (non-hydrogen) atoms. The van der Waals surface area contributed by atoms with Gasteiger partial charge in [-0.25, -0.2) is 0 Å². The number of aliphatic carboxylic acids is 1. The summed E-state index contributed by atoms with van der Waals surface area (Å²) in [4.78, 5) is 39.7. The Hall–Kier alpha value is -3.39. The van der Waals surface area contributed by atoms with Crippen LogP contribution in [-0.4, -0.2) is 40.4 Å². The summed E-state index contributed by atoms with van der Waals surface area (Å²) in [5.41, 5.74) is -0.542. The van der Waals surface area contributed by atoms with Crippen molar-refractivity contribution in [1.82, 2.24) is 4.90 Å². The van der Waals surface area contributed by atoms with E-state index in [4.69, 9.17) is 4.74 Å². The molecule has 0 unspecified atom stereocenters. The Kier molecular flexibility index (Phi) is 4.74. The van der Waals surface area contributed by atoms with Gasteiger partial charge in [-0.2, -0.15) is 0 Å². The lowest BCUT2D eigenvalue weighted by Gasteiger charge is -2.29. The lowest BCUT2D eigenvalue weighted by atomic mass is 9.80. The summed E-state index contributed by atoms with van der Waals surface area (Å²) in [5, 5.41) is 24.1. The van der Waals surface area contributed by atoms with Crippen molar-refractivity contribution in [3.63, 3.8) is 0 Å². The van der Waals surface area contributed by atoms with Crippen molar-refractivity contribution >= 4 is 17.8 Å². The summed E-state index contributed by atoms with van der Waals surface area (Å²) in [5.74, 6) is -4.44. The van der Waals surface area contributed by atoms with Crippen LogP contribution in [0, 0.1) is 11.8 Å². The summed E-state index contributed by atoms with van der Waals surface area (Å²) in [7, 11) is 1.40. The largest absolute Gasteiger partial charge is 0.544 e. The van der Waals surface area contributed by atoms with Gasteiger partial charge in [-0.3, -0.25) is 14.5 Å². The summed E-state index contributed by atoms with van der Waals surface area (Å²) in [6.07, 6.45) is 0. The fourth-order valence-corrected chi connectivity index (χ4v) is 4.70. The number of phenolic OH excluding ortho intramolecular Hbond substituents is 1. The number of benzene rings is 2. The van der Waals surface area contributed by atoms with Crippen LogP contribution in [0.1, 0.15) is 24.1 Å². The minimum absolute atomic E-state index is 0.0610. The highest BCUT2D eigenvalue weighted by atomic mass is 16.5. The van der Waals surface area contributed by atoms with E-state index >= 15 is 0 Å². The molecule has 2 heterocycles. The number of nitrogens with two attached hydrogens (primary N) is 1. The first-order valence-corrected chi connectivity index (χ1v) is 9.62. The third-order valence-corrected chi connectivity index (χ3v) is 6.23. The Bertz CT molecular complexity index is 1020. The van der Waals surface area contributed by atoms with Gasteiger partial charge in [0.15, 0.2) is 11.5 Å². The van der Waals surface area contributed by atoms with Crippen LogP contribution in [0.4, 0.5) is 0 Å². The second-order valence-electron chi connectivity index (χ2n) is 7.91. The number of ether oxygens (including phenoxy) is 1. The highest BCUT2D eigenvalue weighted by Gasteiger charge is 2.68. The Balaban J connectivity index is 1.78. The molecule has 0 aromatic heterocycles. The number of carboxylic acids is 1. The van der Waals surface area contributed by atoms with Gasteiger partial charge in [0.1, 0.15) is 29.4 Å². The van der Waals surface area contributed by atoms with E-state index in [0.29, 0.717) is 5.56 Å². The van der Waals surface area contributed by atoms with Crippen LogP contribution < -0.4 is 15.2 Å². The highest BCUT2D eigenvalue weighted by molar-refractivity contribution is 6.08. The molecular formula is C22H22N2O6. The molecule has 4 atom stereocenters. The van der Waals surface area contributed by atoms with Crippen molar-refractivity contribution in [1.29, 1.82) is 0 Å². The number of methoxy groups -OCH3 is 1. The number of phenols is 1. The standard InChI is InChI=1S/C22H22N2O6/c1-22(21(28)29)16-15(17(23-22)13-9-6-10-14(30-2)18(13)25)19(26)24(20(16)27)11-12-7-4-3-5-8-12/h3-10,15-17,23,25H,11H2,1-2H3,(H,28,29)/t15-,16-,17-,22-/m0/s1. The molecule has 2 aromatic carbocycles. The van der Waals surface area contributed by atoms with Crippen LogP contribution >= 0.6 is 0 Å². The number of hydrogen-bond donors (Lipinski definition) is 2. The molecule has 156 valence electrons. The van der Waals surface area contributed by atoms with Gasteiger partial charge in [-0.15, -0.1) is 0 Å². The average molecular weight is 410 g/mol. The molecule has 2 amide bonds. The molecule has 2 saturated heterocycles. The number of carboxylic acid groups (broad SMARTS) is 1. The van der Waals surface area contributed by atoms with Gasteiger partial charge in [0.25, 0.3) is 0 Å². The minimum Gasteiger partial charge on any atom is -0.544 e. The molecule has 8 heteroatoms. The fourth-order valence-electron chi connectivity index (χ4n) is 4.70. The molecule has 0 aliphatic carbocycles. The van der Waals surface area contributed by atoms with Gasteiger partial charge in [-0.05, 0) is 24.6 Å². The van der Waals surface area contributed by atoms with E-state index in [1.54, 1.807) is 42.5 Å². The van der Waals surface area contributed by atoms with E-state index in [1.807, 2.05) is 6.07 Å². The van der Waals surface area contributed by atoms with Gasteiger partial charge >= 0.3 is 0 Å². The van der Waals surface area contributed by atoms with Gasteiger partial charge < -0.3 is 25.1 Å². The maximum atomic E-state index is 13.3. The van der Waals surface area contributed by atoms with E-state index in [-0.39, 0.29) is 18.0 Å². The topological polar surface area (TPSA) is 124 Å². The van der Waals surface area contributed by atoms with Crippen LogP contribution in [0.3, 0.4) is 0 Å². The second-order valence-corrected chi connectivity index (χ2v) is 7.91. The number of imide groups is 1. The van der Waals surface area contributed by atoms with E-state index in [9.17, 15) is 24.6 Å². The van der Waals surface area contributed by atoms with Crippen LogP contribution in [0.25, 0.3) is 0 Å². The number of hydrogen-bond acceptors (Lipinski definition) is 6. The molecule has 0 saturated carbocycles. The number of fused-ring (bicyclic) bond motifs is 1. The minimum atomic E-state index is -1.65. The molecule has 3 N–H and O–H groups in total. The Morgan fingerprint density at radius 2 is 1.87 bits per heavy atom. The number of rotatable bonds is 5. The number of aromatic hydroxyl groups is 1. The van der Waals surface area contributed by atoms with Gasteiger partial charge in [0.2, 0.25) is 11.8 Å². The Labute approximate surface area is 173 Å². The zero-order valence-corrected chi connectivity index (χ0v) is 16.6. The number of carbonyl (C=O) groups is 3. The number of para-hydroxylation sites is 1. The Morgan fingerprint density at radius 1 is 1.17 bits per heavy atom. The monoisotopic (exact) mass is 410 g/mol. The van der Waals surface area contributed by atoms with Gasteiger partial charge in [0, 0.05) is 0 Å². The van der Waals surface area contributed by atoms with Crippen molar-refractivity contribution in [2.45, 2.75) is 25.0 Å². The van der Waals surface area contributed by atoms with E-state index in [0.717, 1.165) is 10.5 Å². The quantitative estimate of drug-likeness (QED) is 0.630. The predicted octanol–water partition coefficient (Wildman–Crippen LogP) is -0.671. The van der Waals surface area contributed by atoms with Crippen molar-refractivity contribution in [3.05, 3.63) is 59.7 Å². The first kappa shape index (κ1) is 19.9. The zero-order valence-electron chi connectivity index (χ0n) is 16.6. The normalized spacial score (nSPS) is 27.9. The van der Waals surface area contributed by atoms with Crippen molar-refractivity contribution in [2.24, 2.45) is 11.8 Å². The number of nitrogens with zero attached hydrogens (tertiary/aromatic N) is 1. The van der Waals surface area contributed by atoms with Crippen LogP contribution in [-0.2, 0) is 20.9 Å². The number of quaternary nitrogens is 1. The molecule has 4 rings (SSSR count). The molecule has 0 spiro atoms. The molecule has 0 bridgehead atoms. The lowest BCUT2D eigenvalue weighted by Crippen LogP contribution is -2.98. The predicted molar refractivity (Wildman–Crippen MR) is 102 cm³/mol. The number of carbonyl (C=O) groups excluding carboxylic acids is 3. The third kappa shape index (κ3) is 2.83. The molecule has 0 radical (unpaired) electrons. The third-order valence-electron chi connectivity index (χ3n) is 6.23. The summed E-state index contributed by atoms with van der Waals surface area (Å²) >= 11 is 0. The highest BCUT2D eigenvalue weighted by Crippen LogP contribution is 2.47. The number of amides is 2. The van der Waals surface area contributed by atoms with Crippen LogP contribution in [0.2, 0.25) is 0 Å². The van der Waals surface area contributed by atoms with Crippen molar-refractivity contribution in [3.8, 4) is 11.5 Å².